The molecule has 5 N–H and O–H groups in total. The summed E-state index contributed by atoms with van der Waals surface area (Å²) in [5.41, 5.74) is 4.35. The van der Waals surface area contributed by atoms with Crippen LogP contribution in [0.3, 0.4) is 0 Å². The van der Waals surface area contributed by atoms with Gasteiger partial charge in [0.1, 0.15) is 5.41 Å². The quantitative estimate of drug-likeness (QED) is 0.476. The van der Waals surface area contributed by atoms with E-state index < -0.39 is 35.3 Å². The number of rotatable bonds is 6. The van der Waals surface area contributed by atoms with Crippen LogP contribution < -0.4 is 11.1 Å². The molecule has 1 saturated heterocycles. The number of aliphatic carboxylic acids is 2. The molecular formula is C11H18N2O6. The van der Waals surface area contributed by atoms with Crippen molar-refractivity contribution in [3.05, 3.63) is 0 Å². The summed E-state index contributed by atoms with van der Waals surface area (Å²) in [7, 11) is 0. The van der Waals surface area contributed by atoms with Crippen molar-refractivity contribution in [3.63, 3.8) is 0 Å². The Bertz CT molecular complexity index is 385. The van der Waals surface area contributed by atoms with E-state index in [0.29, 0.717) is 0 Å². The highest BCUT2D eigenvalue weighted by Crippen LogP contribution is 2.28. The predicted octanol–water partition coefficient (Wildman–Crippen LogP) is -1.22. The SMILES string of the molecule is CC1(C(=O)O)COCC1NC(=O)C(N)CCC(=O)O. The summed E-state index contributed by atoms with van der Waals surface area (Å²) in [6.07, 6.45) is -0.218. The van der Waals surface area contributed by atoms with Crippen LogP contribution in [0, 0.1) is 5.41 Å². The minimum Gasteiger partial charge on any atom is -0.481 e. The first-order valence-electron chi connectivity index (χ1n) is 5.86. The zero-order chi connectivity index (χ0) is 14.6. The maximum atomic E-state index is 11.7. The Morgan fingerprint density at radius 1 is 1.47 bits per heavy atom. The number of amides is 1. The standard InChI is InChI=1S/C11H18N2O6/c1-11(10(17)18)5-19-4-7(11)13-9(16)6(12)2-3-8(14)15/h6-7H,2-5,12H2,1H3,(H,13,16)(H,14,15)(H,17,18). The van der Waals surface area contributed by atoms with Gasteiger partial charge in [0.15, 0.2) is 0 Å². The Labute approximate surface area is 109 Å². The predicted molar refractivity (Wildman–Crippen MR) is 63.3 cm³/mol. The second kappa shape index (κ2) is 5.98. The van der Waals surface area contributed by atoms with E-state index in [-0.39, 0.29) is 26.1 Å². The van der Waals surface area contributed by atoms with Gasteiger partial charge in [-0.2, -0.15) is 0 Å². The van der Waals surface area contributed by atoms with Crippen LogP contribution in [0.2, 0.25) is 0 Å². The fourth-order valence-corrected chi connectivity index (χ4v) is 1.77. The summed E-state index contributed by atoms with van der Waals surface area (Å²) in [6, 6.07) is -1.65. The average molecular weight is 274 g/mol. The van der Waals surface area contributed by atoms with Crippen LogP contribution in [-0.2, 0) is 19.1 Å². The van der Waals surface area contributed by atoms with Crippen LogP contribution in [0.4, 0.5) is 0 Å². The molecule has 0 aromatic rings. The van der Waals surface area contributed by atoms with E-state index in [4.69, 9.17) is 20.7 Å². The van der Waals surface area contributed by atoms with Crippen molar-refractivity contribution in [1.29, 1.82) is 0 Å². The molecule has 0 saturated carbocycles. The second-order valence-corrected chi connectivity index (χ2v) is 4.84. The monoisotopic (exact) mass is 274 g/mol. The van der Waals surface area contributed by atoms with Crippen LogP contribution in [0.15, 0.2) is 0 Å². The summed E-state index contributed by atoms with van der Waals surface area (Å²) >= 11 is 0. The Kier molecular flexibility index (Phi) is 4.84. The van der Waals surface area contributed by atoms with Crippen molar-refractivity contribution >= 4 is 17.8 Å². The third-order valence-corrected chi connectivity index (χ3v) is 3.27. The number of nitrogens with one attached hydrogen (secondary N) is 1. The highest BCUT2D eigenvalue weighted by molar-refractivity contribution is 5.84. The lowest BCUT2D eigenvalue weighted by atomic mass is 9.85. The number of carbonyl (C=O) groups is 3. The molecule has 8 heteroatoms. The minimum atomic E-state index is -1.19. The lowest BCUT2D eigenvalue weighted by Crippen LogP contribution is -2.53. The summed E-state index contributed by atoms with van der Waals surface area (Å²) in [5, 5.41) is 20.1. The summed E-state index contributed by atoms with van der Waals surface area (Å²) < 4.78 is 5.08. The van der Waals surface area contributed by atoms with Crippen molar-refractivity contribution < 1.29 is 29.3 Å². The number of ether oxygens (including phenoxy) is 1. The van der Waals surface area contributed by atoms with Gasteiger partial charge in [-0.15, -0.1) is 0 Å². The maximum Gasteiger partial charge on any atom is 0.313 e. The molecule has 1 aliphatic heterocycles. The van der Waals surface area contributed by atoms with E-state index in [0.717, 1.165) is 0 Å². The number of carbonyl (C=O) groups excluding carboxylic acids is 1. The Morgan fingerprint density at radius 3 is 2.63 bits per heavy atom. The third-order valence-electron chi connectivity index (χ3n) is 3.27. The molecule has 8 nitrogen and oxygen atoms in total. The van der Waals surface area contributed by atoms with Gasteiger partial charge in [0, 0.05) is 6.42 Å². The number of hydrogen-bond donors (Lipinski definition) is 4. The van der Waals surface area contributed by atoms with Gasteiger partial charge in [-0.05, 0) is 13.3 Å². The normalized spacial score (nSPS) is 27.8. The fourth-order valence-electron chi connectivity index (χ4n) is 1.77. The van der Waals surface area contributed by atoms with Gasteiger partial charge < -0.3 is 26.0 Å². The molecule has 0 aliphatic carbocycles. The van der Waals surface area contributed by atoms with Crippen LogP contribution in [0.25, 0.3) is 0 Å². The van der Waals surface area contributed by atoms with E-state index >= 15 is 0 Å². The van der Waals surface area contributed by atoms with E-state index in [9.17, 15) is 14.4 Å². The van der Waals surface area contributed by atoms with Gasteiger partial charge in [-0.1, -0.05) is 0 Å². The van der Waals surface area contributed by atoms with E-state index in [2.05, 4.69) is 5.32 Å². The van der Waals surface area contributed by atoms with Gasteiger partial charge >= 0.3 is 11.9 Å². The summed E-state index contributed by atoms with van der Waals surface area (Å²) in [5.74, 6) is -2.67. The van der Waals surface area contributed by atoms with E-state index in [1.54, 1.807) is 0 Å². The second-order valence-electron chi connectivity index (χ2n) is 4.84. The number of carboxylic acid groups (broad SMARTS) is 2. The molecule has 0 bridgehead atoms. The topological polar surface area (TPSA) is 139 Å². The van der Waals surface area contributed by atoms with Crippen molar-refractivity contribution in [2.24, 2.45) is 11.1 Å². The molecule has 1 heterocycles. The summed E-state index contributed by atoms with van der Waals surface area (Å²) in [6.45, 7) is 1.59. The number of hydrogen-bond acceptors (Lipinski definition) is 5. The smallest absolute Gasteiger partial charge is 0.313 e. The van der Waals surface area contributed by atoms with E-state index in [1.807, 2.05) is 0 Å². The lowest BCUT2D eigenvalue weighted by Gasteiger charge is -2.26. The summed E-state index contributed by atoms with van der Waals surface area (Å²) in [4.78, 5) is 33.3. The van der Waals surface area contributed by atoms with Crippen molar-refractivity contribution in [1.82, 2.24) is 5.32 Å². The highest BCUT2D eigenvalue weighted by Gasteiger charge is 2.47. The number of nitrogens with two attached hydrogens (primary N) is 1. The first-order chi connectivity index (χ1) is 8.77. The molecule has 0 spiro atoms. The van der Waals surface area contributed by atoms with E-state index in [1.165, 1.54) is 6.92 Å². The van der Waals surface area contributed by atoms with Gasteiger partial charge in [-0.25, -0.2) is 0 Å². The molecule has 0 aromatic heterocycles. The largest absolute Gasteiger partial charge is 0.481 e. The Morgan fingerprint density at radius 2 is 2.11 bits per heavy atom. The third kappa shape index (κ3) is 3.65. The molecule has 3 atom stereocenters. The molecule has 1 aliphatic rings. The highest BCUT2D eigenvalue weighted by atomic mass is 16.5. The molecule has 108 valence electrons. The van der Waals surface area contributed by atoms with Crippen molar-refractivity contribution in [2.75, 3.05) is 13.2 Å². The van der Waals surface area contributed by atoms with Gasteiger partial charge in [0.25, 0.3) is 0 Å². The molecule has 1 amide bonds. The average Bonchev–Trinajstić information content (AvgIpc) is 2.69. The van der Waals surface area contributed by atoms with Gasteiger partial charge in [-0.3, -0.25) is 14.4 Å². The first kappa shape index (κ1) is 15.4. The lowest BCUT2D eigenvalue weighted by molar-refractivity contribution is -0.149. The fraction of sp³-hybridized carbons (Fsp3) is 0.727. The first-order valence-corrected chi connectivity index (χ1v) is 5.86. The van der Waals surface area contributed by atoms with Gasteiger partial charge in [0.05, 0.1) is 25.3 Å². The molecule has 1 rings (SSSR count). The van der Waals surface area contributed by atoms with Crippen LogP contribution >= 0.6 is 0 Å². The Hall–Kier alpha value is -1.67. The molecule has 3 unspecified atom stereocenters. The maximum absolute atomic E-state index is 11.7. The molecule has 19 heavy (non-hydrogen) atoms. The van der Waals surface area contributed by atoms with Crippen molar-refractivity contribution in [3.8, 4) is 0 Å². The van der Waals surface area contributed by atoms with Crippen LogP contribution in [0.1, 0.15) is 19.8 Å². The Balaban J connectivity index is 2.56. The minimum absolute atomic E-state index is 0.00146. The van der Waals surface area contributed by atoms with Crippen molar-refractivity contribution in [2.45, 2.75) is 31.8 Å². The molecular weight excluding hydrogens is 256 g/mol. The molecule has 0 aromatic carbocycles. The molecule has 0 radical (unpaired) electrons. The van der Waals surface area contributed by atoms with Crippen LogP contribution in [0.5, 0.6) is 0 Å². The number of carboxylic acids is 2. The zero-order valence-corrected chi connectivity index (χ0v) is 10.6. The van der Waals surface area contributed by atoms with Crippen LogP contribution in [-0.4, -0.2) is 53.4 Å². The van der Waals surface area contributed by atoms with Gasteiger partial charge in [0.2, 0.25) is 5.91 Å². The zero-order valence-electron chi connectivity index (χ0n) is 10.6. The molecule has 1 fully saturated rings.